The summed E-state index contributed by atoms with van der Waals surface area (Å²) >= 11 is 0. The third-order valence-corrected chi connectivity index (χ3v) is 6.37. The van der Waals surface area contributed by atoms with Crippen molar-refractivity contribution in [2.75, 3.05) is 10.5 Å². The second-order valence-electron chi connectivity index (χ2n) is 7.72. The molecule has 1 aromatic rings. The highest BCUT2D eigenvalue weighted by Gasteiger charge is 2.13. The van der Waals surface area contributed by atoms with E-state index in [1.807, 2.05) is 0 Å². The lowest BCUT2D eigenvalue weighted by Gasteiger charge is -2.10. The molecule has 0 amide bonds. The van der Waals surface area contributed by atoms with Crippen molar-refractivity contribution in [1.82, 2.24) is 0 Å². The minimum atomic E-state index is -3.51. The fourth-order valence-electron chi connectivity index (χ4n) is 3.31. The maximum Gasteiger partial charge on any atom is 0.232 e. The van der Waals surface area contributed by atoms with Crippen LogP contribution in [-0.2, 0) is 10.0 Å². The lowest BCUT2D eigenvalue weighted by molar-refractivity contribution is 0.462. The first kappa shape index (κ1) is 24.6. The van der Waals surface area contributed by atoms with E-state index >= 15 is 0 Å². The van der Waals surface area contributed by atoms with Gasteiger partial charge in [0.1, 0.15) is 11.5 Å². The van der Waals surface area contributed by atoms with Crippen molar-refractivity contribution in [3.63, 3.8) is 0 Å². The zero-order valence-corrected chi connectivity index (χ0v) is 18.3. The van der Waals surface area contributed by atoms with Crippen LogP contribution in [-0.4, -0.2) is 24.4 Å². The normalized spacial score (nSPS) is 11.6. The van der Waals surface area contributed by atoms with Gasteiger partial charge in [-0.1, -0.05) is 90.4 Å². The number of sulfonamides is 1. The van der Waals surface area contributed by atoms with E-state index in [1.165, 1.54) is 82.4 Å². The fraction of sp³-hybridized carbons (Fsp3) is 0.727. The molecule has 0 fully saturated rings. The Bertz CT molecular complexity index is 631. The van der Waals surface area contributed by atoms with E-state index in [1.54, 1.807) is 0 Å². The van der Waals surface area contributed by atoms with E-state index in [9.17, 15) is 18.6 Å². The molecule has 3 N–H and O–H groups in total. The Morgan fingerprint density at radius 3 is 1.71 bits per heavy atom. The van der Waals surface area contributed by atoms with Gasteiger partial charge in [-0.25, -0.2) is 8.42 Å². The summed E-state index contributed by atoms with van der Waals surface area (Å²) in [4.78, 5) is 0. The van der Waals surface area contributed by atoms with Crippen molar-refractivity contribution in [2.24, 2.45) is 0 Å². The van der Waals surface area contributed by atoms with Crippen molar-refractivity contribution in [1.29, 1.82) is 0 Å². The van der Waals surface area contributed by atoms with E-state index < -0.39 is 10.0 Å². The molecule has 0 bridgehead atoms. The number of nitrogens with one attached hydrogen (secondary N) is 1. The van der Waals surface area contributed by atoms with Crippen molar-refractivity contribution in [2.45, 2.75) is 96.8 Å². The second-order valence-corrected chi connectivity index (χ2v) is 9.56. The highest BCUT2D eigenvalue weighted by atomic mass is 32.2. The van der Waals surface area contributed by atoms with Gasteiger partial charge in [0.25, 0.3) is 0 Å². The molecule has 0 aliphatic heterocycles. The van der Waals surface area contributed by atoms with Gasteiger partial charge in [-0.05, 0) is 18.6 Å². The van der Waals surface area contributed by atoms with Crippen molar-refractivity contribution in [3.05, 3.63) is 18.2 Å². The van der Waals surface area contributed by atoms with Gasteiger partial charge in [-0.15, -0.1) is 0 Å². The Hall–Kier alpha value is -1.43. The van der Waals surface area contributed by atoms with Crippen LogP contribution in [0.25, 0.3) is 0 Å². The second kappa shape index (κ2) is 14.6. The molecule has 162 valence electrons. The maximum atomic E-state index is 12.1. The summed E-state index contributed by atoms with van der Waals surface area (Å²) in [5, 5.41) is 19.1. The molecular weight excluding hydrogens is 374 g/mol. The summed E-state index contributed by atoms with van der Waals surface area (Å²) in [5.41, 5.74) is 0.0189. The molecule has 0 radical (unpaired) electrons. The van der Waals surface area contributed by atoms with Crippen molar-refractivity contribution in [3.8, 4) is 11.5 Å². The minimum absolute atomic E-state index is 0.0189. The van der Waals surface area contributed by atoms with E-state index in [-0.39, 0.29) is 22.9 Å². The largest absolute Gasteiger partial charge is 0.508 e. The molecule has 6 heteroatoms. The molecule has 28 heavy (non-hydrogen) atoms. The van der Waals surface area contributed by atoms with Gasteiger partial charge in [0.15, 0.2) is 0 Å². The number of rotatable bonds is 17. The molecular formula is C22H39NO4S. The number of phenols is 2. The van der Waals surface area contributed by atoms with Gasteiger partial charge < -0.3 is 10.2 Å². The number of benzene rings is 1. The number of unbranched alkanes of at least 4 members (excludes halogenated alkanes) is 13. The summed E-state index contributed by atoms with van der Waals surface area (Å²) < 4.78 is 26.5. The summed E-state index contributed by atoms with van der Waals surface area (Å²) in [6, 6.07) is 3.78. The summed E-state index contributed by atoms with van der Waals surface area (Å²) in [5.74, 6) is -0.255. The SMILES string of the molecule is CCCCCCCCCCCCCCCCS(=O)(=O)Nc1cc(O)ccc1O. The Morgan fingerprint density at radius 2 is 1.21 bits per heavy atom. The monoisotopic (exact) mass is 413 g/mol. The Morgan fingerprint density at radius 1 is 0.750 bits per heavy atom. The van der Waals surface area contributed by atoms with Crippen LogP contribution in [0.5, 0.6) is 11.5 Å². The van der Waals surface area contributed by atoms with Crippen LogP contribution >= 0.6 is 0 Å². The topological polar surface area (TPSA) is 86.6 Å². The third-order valence-electron chi connectivity index (χ3n) is 5.01. The molecule has 0 aromatic heterocycles. The quantitative estimate of drug-likeness (QED) is 0.158. The fourth-order valence-corrected chi connectivity index (χ4v) is 4.50. The Balaban J connectivity index is 2.00. The van der Waals surface area contributed by atoms with Crippen LogP contribution in [0.15, 0.2) is 18.2 Å². The molecule has 1 aromatic carbocycles. The predicted molar refractivity (Wildman–Crippen MR) is 117 cm³/mol. The van der Waals surface area contributed by atoms with Gasteiger partial charge in [-0.3, -0.25) is 4.72 Å². The highest BCUT2D eigenvalue weighted by Crippen LogP contribution is 2.28. The molecule has 0 saturated heterocycles. The average Bonchev–Trinajstić information content (AvgIpc) is 2.64. The first-order valence-corrected chi connectivity index (χ1v) is 12.6. The van der Waals surface area contributed by atoms with Gasteiger partial charge in [0.2, 0.25) is 10.0 Å². The lowest BCUT2D eigenvalue weighted by atomic mass is 10.0. The molecule has 0 aliphatic carbocycles. The smallest absolute Gasteiger partial charge is 0.232 e. The van der Waals surface area contributed by atoms with Gasteiger partial charge >= 0.3 is 0 Å². The first-order chi connectivity index (χ1) is 13.4. The van der Waals surface area contributed by atoms with E-state index in [0.29, 0.717) is 6.42 Å². The van der Waals surface area contributed by atoms with Crippen LogP contribution in [0.2, 0.25) is 0 Å². The van der Waals surface area contributed by atoms with E-state index in [2.05, 4.69) is 11.6 Å². The third kappa shape index (κ3) is 12.1. The molecule has 0 unspecified atom stereocenters. The summed E-state index contributed by atoms with van der Waals surface area (Å²) in [7, 11) is -3.51. The number of hydrogen-bond donors (Lipinski definition) is 3. The van der Waals surface area contributed by atoms with Gasteiger partial charge in [0.05, 0.1) is 11.4 Å². The Kier molecular flexibility index (Phi) is 12.8. The lowest BCUT2D eigenvalue weighted by Crippen LogP contribution is -2.16. The zero-order valence-electron chi connectivity index (χ0n) is 17.5. The molecule has 0 atom stereocenters. The van der Waals surface area contributed by atoms with Crippen LogP contribution in [0.4, 0.5) is 5.69 Å². The zero-order chi connectivity index (χ0) is 20.7. The molecule has 0 spiro atoms. The van der Waals surface area contributed by atoms with Gasteiger partial charge in [0, 0.05) is 6.07 Å². The van der Waals surface area contributed by atoms with Crippen LogP contribution in [0.1, 0.15) is 96.8 Å². The van der Waals surface area contributed by atoms with Crippen LogP contribution < -0.4 is 4.72 Å². The number of anilines is 1. The number of aromatic hydroxyl groups is 2. The number of hydrogen-bond acceptors (Lipinski definition) is 4. The maximum absolute atomic E-state index is 12.1. The van der Waals surface area contributed by atoms with Crippen LogP contribution in [0, 0.1) is 0 Å². The minimum Gasteiger partial charge on any atom is -0.508 e. The molecule has 5 nitrogen and oxygen atoms in total. The summed E-state index contributed by atoms with van der Waals surface area (Å²) in [6.07, 6.45) is 17.1. The van der Waals surface area contributed by atoms with Gasteiger partial charge in [-0.2, -0.15) is 0 Å². The van der Waals surface area contributed by atoms with E-state index in [0.717, 1.165) is 19.3 Å². The predicted octanol–water partition coefficient (Wildman–Crippen LogP) is 6.32. The summed E-state index contributed by atoms with van der Waals surface area (Å²) in [6.45, 7) is 2.25. The molecule has 0 saturated carbocycles. The molecule has 0 aliphatic rings. The number of phenolic OH excluding ortho intramolecular Hbond substituents is 2. The van der Waals surface area contributed by atoms with E-state index in [4.69, 9.17) is 0 Å². The van der Waals surface area contributed by atoms with Crippen LogP contribution in [0.3, 0.4) is 0 Å². The molecule has 1 rings (SSSR count). The highest BCUT2D eigenvalue weighted by molar-refractivity contribution is 7.92. The Labute approximate surface area is 171 Å². The standard InChI is InChI=1S/C22H39NO4S/c1-2-3-4-5-6-7-8-9-10-11-12-13-14-15-18-28(26,27)23-21-19-20(24)16-17-22(21)25/h16-17,19,23-25H,2-15,18H2,1H3. The first-order valence-electron chi connectivity index (χ1n) is 11.0. The van der Waals surface area contributed by atoms with Crippen molar-refractivity contribution < 1.29 is 18.6 Å². The molecule has 0 heterocycles. The van der Waals surface area contributed by atoms with Crippen molar-refractivity contribution >= 4 is 15.7 Å². The average molecular weight is 414 g/mol.